The second-order valence-electron chi connectivity index (χ2n) is 7.12. The number of primary amides is 1. The van der Waals surface area contributed by atoms with Crippen molar-refractivity contribution in [3.05, 3.63) is 0 Å². The van der Waals surface area contributed by atoms with Gasteiger partial charge in [-0.3, -0.25) is 14.5 Å². The van der Waals surface area contributed by atoms with Gasteiger partial charge in [-0.25, -0.2) is 0 Å². The Morgan fingerprint density at radius 2 is 1.73 bits per heavy atom. The zero-order valence-electron chi connectivity index (χ0n) is 14.1. The first-order valence-electron chi connectivity index (χ1n) is 8.77. The van der Waals surface area contributed by atoms with Gasteiger partial charge < -0.3 is 10.6 Å². The number of nitrogens with two attached hydrogens (primary N) is 1. The maximum atomic E-state index is 12.6. The molecule has 22 heavy (non-hydrogen) atoms. The van der Waals surface area contributed by atoms with Gasteiger partial charge in [-0.05, 0) is 45.6 Å². The van der Waals surface area contributed by atoms with Gasteiger partial charge in [0.2, 0.25) is 11.8 Å². The molecule has 5 heteroatoms. The molecule has 2 rings (SSSR count). The Hall–Kier alpha value is -1.10. The first-order chi connectivity index (χ1) is 10.5. The molecule has 0 aromatic rings. The van der Waals surface area contributed by atoms with Crippen molar-refractivity contribution in [3.8, 4) is 0 Å². The Kier molecular flexibility index (Phi) is 6.24. The number of hydrogen-bond donors (Lipinski definition) is 1. The van der Waals surface area contributed by atoms with Gasteiger partial charge in [-0.2, -0.15) is 0 Å². The van der Waals surface area contributed by atoms with Crippen LogP contribution in [0.4, 0.5) is 0 Å². The van der Waals surface area contributed by atoms with Crippen LogP contribution in [0.15, 0.2) is 0 Å². The number of carbonyl (C=O) groups excluding carboxylic acids is 2. The molecule has 0 radical (unpaired) electrons. The van der Waals surface area contributed by atoms with E-state index in [2.05, 4.69) is 11.9 Å². The van der Waals surface area contributed by atoms with Gasteiger partial charge >= 0.3 is 0 Å². The fourth-order valence-corrected chi connectivity index (χ4v) is 3.77. The molecule has 1 saturated heterocycles. The summed E-state index contributed by atoms with van der Waals surface area (Å²) in [6.45, 7) is 4.35. The molecule has 1 heterocycles. The van der Waals surface area contributed by atoms with Gasteiger partial charge in [0.05, 0.1) is 6.04 Å². The van der Waals surface area contributed by atoms with Crippen molar-refractivity contribution in [1.82, 2.24) is 9.80 Å². The van der Waals surface area contributed by atoms with Crippen LogP contribution in [0.3, 0.4) is 0 Å². The Morgan fingerprint density at radius 3 is 2.27 bits per heavy atom. The van der Waals surface area contributed by atoms with E-state index in [0.29, 0.717) is 25.9 Å². The van der Waals surface area contributed by atoms with Crippen molar-refractivity contribution in [2.24, 2.45) is 17.6 Å². The first-order valence-corrected chi connectivity index (χ1v) is 8.77. The molecule has 2 aliphatic rings. The fraction of sp³-hybridized carbons (Fsp3) is 0.882. The monoisotopic (exact) mass is 309 g/mol. The highest BCUT2D eigenvalue weighted by atomic mass is 16.2. The molecule has 0 spiro atoms. The second kappa shape index (κ2) is 7.95. The smallest absolute Gasteiger partial charge is 0.239 e. The van der Waals surface area contributed by atoms with Crippen molar-refractivity contribution >= 4 is 11.8 Å². The lowest BCUT2D eigenvalue weighted by Gasteiger charge is -2.36. The highest BCUT2D eigenvalue weighted by molar-refractivity contribution is 5.82. The standard InChI is InChI=1S/C17H31N3O2/c1-13(19(2)12-14-6-4-3-5-7-14)17(22)20-10-8-15(9-11-20)16(18)21/h13-15H,3-12H2,1-2H3,(H2,18,21)/t13-/m1/s1. The molecule has 126 valence electrons. The van der Waals surface area contributed by atoms with Gasteiger partial charge in [0, 0.05) is 25.6 Å². The highest BCUT2D eigenvalue weighted by Gasteiger charge is 2.30. The summed E-state index contributed by atoms with van der Waals surface area (Å²) in [4.78, 5) is 27.9. The van der Waals surface area contributed by atoms with Crippen molar-refractivity contribution < 1.29 is 9.59 Å². The molecule has 2 fully saturated rings. The van der Waals surface area contributed by atoms with Crippen LogP contribution >= 0.6 is 0 Å². The number of likely N-dealkylation sites (tertiary alicyclic amines) is 1. The fourth-order valence-electron chi connectivity index (χ4n) is 3.77. The molecule has 1 aliphatic carbocycles. The average Bonchev–Trinajstić information content (AvgIpc) is 2.54. The Labute approximate surface area is 134 Å². The number of amides is 2. The quantitative estimate of drug-likeness (QED) is 0.839. The van der Waals surface area contributed by atoms with Crippen LogP contribution in [-0.4, -0.2) is 54.3 Å². The zero-order valence-corrected chi connectivity index (χ0v) is 14.1. The molecule has 1 saturated carbocycles. The third-order valence-electron chi connectivity index (χ3n) is 5.50. The van der Waals surface area contributed by atoms with Crippen LogP contribution in [0.5, 0.6) is 0 Å². The predicted molar refractivity (Wildman–Crippen MR) is 87.2 cm³/mol. The van der Waals surface area contributed by atoms with Crippen LogP contribution in [0.25, 0.3) is 0 Å². The van der Waals surface area contributed by atoms with Crippen molar-refractivity contribution in [3.63, 3.8) is 0 Å². The van der Waals surface area contributed by atoms with Gasteiger partial charge in [0.1, 0.15) is 0 Å². The van der Waals surface area contributed by atoms with Gasteiger partial charge in [-0.1, -0.05) is 19.3 Å². The van der Waals surface area contributed by atoms with E-state index < -0.39 is 0 Å². The largest absolute Gasteiger partial charge is 0.369 e. The number of hydrogen-bond acceptors (Lipinski definition) is 3. The summed E-state index contributed by atoms with van der Waals surface area (Å²) in [5.74, 6) is 0.657. The molecular weight excluding hydrogens is 278 g/mol. The molecule has 0 aromatic carbocycles. The Morgan fingerprint density at radius 1 is 1.14 bits per heavy atom. The van der Waals surface area contributed by atoms with Crippen LogP contribution in [0.2, 0.25) is 0 Å². The number of nitrogens with zero attached hydrogens (tertiary/aromatic N) is 2. The lowest BCUT2D eigenvalue weighted by Crippen LogP contribution is -2.50. The summed E-state index contributed by atoms with van der Waals surface area (Å²) in [5, 5.41) is 0. The minimum absolute atomic E-state index is 0.0562. The zero-order chi connectivity index (χ0) is 16.1. The number of likely N-dealkylation sites (N-methyl/N-ethyl adjacent to an activating group) is 1. The third-order valence-corrected chi connectivity index (χ3v) is 5.50. The number of piperidine rings is 1. The minimum Gasteiger partial charge on any atom is -0.369 e. The average molecular weight is 309 g/mol. The van der Waals surface area contributed by atoms with E-state index in [4.69, 9.17) is 5.73 Å². The van der Waals surface area contributed by atoms with E-state index in [1.54, 1.807) is 0 Å². The summed E-state index contributed by atoms with van der Waals surface area (Å²) in [7, 11) is 2.06. The van der Waals surface area contributed by atoms with E-state index >= 15 is 0 Å². The van der Waals surface area contributed by atoms with Crippen molar-refractivity contribution in [1.29, 1.82) is 0 Å². The van der Waals surface area contributed by atoms with Gasteiger partial charge in [0.15, 0.2) is 0 Å². The SMILES string of the molecule is C[C@H](C(=O)N1CCC(C(N)=O)CC1)N(C)CC1CCCCC1. The predicted octanol–water partition coefficient (Wildman–Crippen LogP) is 1.61. The normalized spacial score (nSPS) is 22.8. The molecule has 2 N–H and O–H groups in total. The lowest BCUT2D eigenvalue weighted by molar-refractivity contribution is -0.139. The van der Waals surface area contributed by atoms with Crippen LogP contribution in [0.1, 0.15) is 51.9 Å². The number of carbonyl (C=O) groups is 2. The van der Waals surface area contributed by atoms with E-state index in [9.17, 15) is 9.59 Å². The molecule has 2 amide bonds. The minimum atomic E-state index is -0.227. The molecular formula is C17H31N3O2. The summed E-state index contributed by atoms with van der Waals surface area (Å²) in [6.07, 6.45) is 8.05. The molecule has 0 aromatic heterocycles. The maximum absolute atomic E-state index is 12.6. The van der Waals surface area contributed by atoms with Crippen molar-refractivity contribution in [2.45, 2.75) is 57.9 Å². The van der Waals surface area contributed by atoms with Gasteiger partial charge in [0.25, 0.3) is 0 Å². The van der Waals surface area contributed by atoms with Crippen LogP contribution < -0.4 is 5.73 Å². The van der Waals surface area contributed by atoms with E-state index in [1.807, 2.05) is 11.8 Å². The van der Waals surface area contributed by atoms with Crippen LogP contribution in [0, 0.1) is 11.8 Å². The lowest BCUT2D eigenvalue weighted by atomic mass is 9.88. The second-order valence-corrected chi connectivity index (χ2v) is 7.12. The maximum Gasteiger partial charge on any atom is 0.239 e. The van der Waals surface area contributed by atoms with Crippen molar-refractivity contribution in [2.75, 3.05) is 26.7 Å². The third kappa shape index (κ3) is 4.45. The summed E-state index contributed by atoms with van der Waals surface area (Å²) in [6, 6.07) is -0.0768. The molecule has 1 atom stereocenters. The van der Waals surface area contributed by atoms with Gasteiger partial charge in [-0.15, -0.1) is 0 Å². The summed E-state index contributed by atoms with van der Waals surface area (Å²) < 4.78 is 0. The molecule has 0 unspecified atom stereocenters. The van der Waals surface area contributed by atoms with E-state index in [-0.39, 0.29) is 23.8 Å². The Bertz CT molecular complexity index is 385. The molecule has 1 aliphatic heterocycles. The first kappa shape index (κ1) is 17.3. The number of rotatable bonds is 5. The summed E-state index contributed by atoms with van der Waals surface area (Å²) in [5.41, 5.74) is 5.35. The Balaban J connectivity index is 1.79. The highest BCUT2D eigenvalue weighted by Crippen LogP contribution is 2.25. The molecule has 0 bridgehead atoms. The van der Waals surface area contributed by atoms with E-state index in [1.165, 1.54) is 32.1 Å². The topological polar surface area (TPSA) is 66.6 Å². The molecule has 5 nitrogen and oxygen atoms in total. The van der Waals surface area contributed by atoms with Crippen LogP contribution in [-0.2, 0) is 9.59 Å². The summed E-state index contributed by atoms with van der Waals surface area (Å²) >= 11 is 0. The van der Waals surface area contributed by atoms with E-state index in [0.717, 1.165) is 12.5 Å².